The van der Waals surface area contributed by atoms with Crippen molar-refractivity contribution < 1.29 is 9.59 Å². The lowest BCUT2D eigenvalue weighted by atomic mass is 10.0. The number of hydrogen-bond acceptors (Lipinski definition) is 3. The van der Waals surface area contributed by atoms with Crippen molar-refractivity contribution in [3.63, 3.8) is 0 Å². The minimum Gasteiger partial charge on any atom is -0.331 e. The SMILES string of the molecule is Cc1ccc(C(=O)CCC(=O)N(C2CC2)C(C)c2ccccn2)cc1C. The summed E-state index contributed by atoms with van der Waals surface area (Å²) >= 11 is 0. The van der Waals surface area contributed by atoms with Crippen molar-refractivity contribution in [3.05, 3.63) is 65.0 Å². The van der Waals surface area contributed by atoms with E-state index in [1.165, 1.54) is 5.56 Å². The maximum Gasteiger partial charge on any atom is 0.223 e. The molecule has 1 atom stereocenters. The number of pyridine rings is 1. The first-order valence-electron chi connectivity index (χ1n) is 9.30. The van der Waals surface area contributed by atoms with Gasteiger partial charge in [-0.05, 0) is 62.9 Å². The highest BCUT2D eigenvalue weighted by Crippen LogP contribution is 2.34. The van der Waals surface area contributed by atoms with Crippen LogP contribution in [0.1, 0.15) is 65.8 Å². The largest absolute Gasteiger partial charge is 0.331 e. The van der Waals surface area contributed by atoms with Crippen LogP contribution in [0.15, 0.2) is 42.6 Å². The lowest BCUT2D eigenvalue weighted by molar-refractivity contribution is -0.134. The standard InChI is InChI=1S/C22H26N2O2/c1-15-7-8-18(14-16(15)2)21(25)11-12-22(26)24(19-9-10-19)17(3)20-6-4-5-13-23-20/h4-8,13-14,17,19H,9-12H2,1-3H3. The van der Waals surface area contributed by atoms with Crippen LogP contribution in [-0.4, -0.2) is 27.6 Å². The zero-order valence-corrected chi connectivity index (χ0v) is 15.7. The monoisotopic (exact) mass is 350 g/mol. The number of carbonyl (C=O) groups is 2. The van der Waals surface area contributed by atoms with Crippen LogP contribution >= 0.6 is 0 Å². The molecule has 1 unspecified atom stereocenters. The number of hydrogen-bond donors (Lipinski definition) is 0. The van der Waals surface area contributed by atoms with Crippen molar-refractivity contribution in [1.29, 1.82) is 0 Å². The fourth-order valence-electron chi connectivity index (χ4n) is 3.26. The zero-order chi connectivity index (χ0) is 18.7. The maximum atomic E-state index is 12.8. The van der Waals surface area contributed by atoms with Gasteiger partial charge in [0.05, 0.1) is 11.7 Å². The molecule has 1 fully saturated rings. The quantitative estimate of drug-likeness (QED) is 0.695. The average Bonchev–Trinajstić information content (AvgIpc) is 3.47. The summed E-state index contributed by atoms with van der Waals surface area (Å²) in [5.41, 5.74) is 3.86. The smallest absolute Gasteiger partial charge is 0.223 e. The fourth-order valence-corrected chi connectivity index (χ4v) is 3.26. The summed E-state index contributed by atoms with van der Waals surface area (Å²) in [6.07, 6.45) is 4.32. The Morgan fingerprint density at radius 2 is 1.88 bits per heavy atom. The van der Waals surface area contributed by atoms with Crippen LogP contribution in [-0.2, 0) is 4.79 Å². The summed E-state index contributed by atoms with van der Waals surface area (Å²) in [5, 5.41) is 0. The van der Waals surface area contributed by atoms with Gasteiger partial charge in [0.1, 0.15) is 0 Å². The first-order chi connectivity index (χ1) is 12.5. The number of Topliss-reactive ketones (excluding diaryl/α,β-unsaturated/α-hetero) is 1. The molecular formula is C22H26N2O2. The maximum absolute atomic E-state index is 12.8. The molecule has 136 valence electrons. The highest BCUT2D eigenvalue weighted by atomic mass is 16.2. The van der Waals surface area contributed by atoms with Crippen molar-refractivity contribution in [2.24, 2.45) is 0 Å². The molecule has 1 aromatic heterocycles. The molecule has 1 aromatic carbocycles. The molecule has 0 spiro atoms. The highest BCUT2D eigenvalue weighted by molar-refractivity contribution is 5.98. The van der Waals surface area contributed by atoms with Gasteiger partial charge in [-0.1, -0.05) is 18.2 Å². The molecule has 1 aliphatic rings. The summed E-state index contributed by atoms with van der Waals surface area (Å²) in [7, 11) is 0. The minimum absolute atomic E-state index is 0.0303. The molecule has 1 aliphatic carbocycles. The number of carbonyl (C=O) groups excluding carboxylic acids is 2. The normalized spacial score (nSPS) is 14.7. The number of nitrogens with zero attached hydrogens (tertiary/aromatic N) is 2. The summed E-state index contributed by atoms with van der Waals surface area (Å²) < 4.78 is 0. The van der Waals surface area contributed by atoms with Crippen LogP contribution in [0.3, 0.4) is 0 Å². The number of ketones is 1. The third-order valence-electron chi connectivity index (χ3n) is 5.16. The van der Waals surface area contributed by atoms with Crippen LogP contribution in [0, 0.1) is 13.8 Å². The van der Waals surface area contributed by atoms with Crippen LogP contribution in [0.5, 0.6) is 0 Å². The molecule has 4 nitrogen and oxygen atoms in total. The molecule has 0 aliphatic heterocycles. The Morgan fingerprint density at radius 3 is 2.50 bits per heavy atom. The fraction of sp³-hybridized carbons (Fsp3) is 0.409. The Hall–Kier alpha value is -2.49. The molecule has 0 saturated heterocycles. The number of aryl methyl sites for hydroxylation is 2. The van der Waals surface area contributed by atoms with Gasteiger partial charge in [0.15, 0.2) is 5.78 Å². The van der Waals surface area contributed by atoms with Crippen LogP contribution in [0.25, 0.3) is 0 Å². The van der Waals surface area contributed by atoms with E-state index in [4.69, 9.17) is 0 Å². The van der Waals surface area contributed by atoms with Crippen molar-refractivity contribution >= 4 is 11.7 Å². The Bertz CT molecular complexity index is 797. The summed E-state index contributed by atoms with van der Waals surface area (Å²) in [4.78, 5) is 31.6. The molecule has 26 heavy (non-hydrogen) atoms. The van der Waals surface area contributed by atoms with Crippen LogP contribution in [0.4, 0.5) is 0 Å². The van der Waals surface area contributed by atoms with E-state index in [0.29, 0.717) is 5.56 Å². The summed E-state index contributed by atoms with van der Waals surface area (Å²) in [6, 6.07) is 11.7. The molecule has 1 amide bonds. The first kappa shape index (κ1) is 18.3. The van der Waals surface area contributed by atoms with Crippen molar-refractivity contribution in [2.75, 3.05) is 0 Å². The van der Waals surface area contributed by atoms with Gasteiger partial charge < -0.3 is 4.90 Å². The Kier molecular flexibility index (Phi) is 5.50. The highest BCUT2D eigenvalue weighted by Gasteiger charge is 2.36. The molecule has 1 saturated carbocycles. The second-order valence-electron chi connectivity index (χ2n) is 7.18. The molecule has 0 N–H and O–H groups in total. The molecule has 0 radical (unpaired) electrons. The Morgan fingerprint density at radius 1 is 1.12 bits per heavy atom. The van der Waals surface area contributed by atoms with E-state index >= 15 is 0 Å². The van der Waals surface area contributed by atoms with Gasteiger partial charge in [-0.2, -0.15) is 0 Å². The van der Waals surface area contributed by atoms with Gasteiger partial charge >= 0.3 is 0 Å². The summed E-state index contributed by atoms with van der Waals surface area (Å²) in [6.45, 7) is 6.05. The van der Waals surface area contributed by atoms with Gasteiger partial charge in [-0.15, -0.1) is 0 Å². The lowest BCUT2D eigenvalue weighted by Crippen LogP contribution is -2.36. The van der Waals surface area contributed by atoms with Gasteiger partial charge in [-0.3, -0.25) is 14.6 Å². The van der Waals surface area contributed by atoms with Crippen LogP contribution < -0.4 is 0 Å². The van der Waals surface area contributed by atoms with Gasteiger partial charge in [-0.25, -0.2) is 0 Å². The van der Waals surface area contributed by atoms with Gasteiger partial charge in [0.25, 0.3) is 0 Å². The van der Waals surface area contributed by atoms with E-state index in [1.807, 2.05) is 62.1 Å². The van der Waals surface area contributed by atoms with Crippen molar-refractivity contribution in [2.45, 2.75) is 58.5 Å². The van der Waals surface area contributed by atoms with Crippen molar-refractivity contribution in [3.8, 4) is 0 Å². The second kappa shape index (κ2) is 7.81. The minimum atomic E-state index is -0.0621. The third-order valence-corrected chi connectivity index (χ3v) is 5.16. The van der Waals surface area contributed by atoms with E-state index in [-0.39, 0.29) is 36.6 Å². The van der Waals surface area contributed by atoms with Crippen molar-refractivity contribution in [1.82, 2.24) is 9.88 Å². The first-order valence-corrected chi connectivity index (χ1v) is 9.30. The summed E-state index contributed by atoms with van der Waals surface area (Å²) in [5.74, 6) is 0.0746. The molecule has 3 rings (SSSR count). The number of aromatic nitrogens is 1. The molecule has 4 heteroatoms. The predicted molar refractivity (Wildman–Crippen MR) is 102 cm³/mol. The zero-order valence-electron chi connectivity index (χ0n) is 15.7. The Balaban J connectivity index is 1.65. The number of rotatable bonds is 7. The topological polar surface area (TPSA) is 50.3 Å². The van der Waals surface area contributed by atoms with E-state index in [2.05, 4.69) is 4.98 Å². The van der Waals surface area contributed by atoms with Gasteiger partial charge in [0, 0.05) is 30.6 Å². The average molecular weight is 350 g/mol. The lowest BCUT2D eigenvalue weighted by Gasteiger charge is -2.29. The predicted octanol–water partition coefficient (Wildman–Crippen LogP) is 4.41. The third kappa shape index (κ3) is 4.18. The van der Waals surface area contributed by atoms with E-state index in [1.54, 1.807) is 6.20 Å². The molecule has 1 heterocycles. The van der Waals surface area contributed by atoms with E-state index in [0.717, 1.165) is 24.1 Å². The van der Waals surface area contributed by atoms with E-state index < -0.39 is 0 Å². The second-order valence-corrected chi connectivity index (χ2v) is 7.18. The molecule has 2 aromatic rings. The Labute approximate surface area is 155 Å². The molecular weight excluding hydrogens is 324 g/mol. The van der Waals surface area contributed by atoms with Crippen LogP contribution in [0.2, 0.25) is 0 Å². The van der Waals surface area contributed by atoms with Gasteiger partial charge in [0.2, 0.25) is 5.91 Å². The number of amides is 1. The molecule has 0 bridgehead atoms. The van der Waals surface area contributed by atoms with E-state index in [9.17, 15) is 9.59 Å². The number of benzene rings is 1.